The van der Waals surface area contributed by atoms with Gasteiger partial charge in [-0.1, -0.05) is 0 Å². The van der Waals surface area contributed by atoms with Gasteiger partial charge in [0.2, 0.25) is 5.89 Å². The maximum Gasteiger partial charge on any atom is 0.433 e. The van der Waals surface area contributed by atoms with Crippen molar-refractivity contribution in [1.29, 1.82) is 5.41 Å². The summed E-state index contributed by atoms with van der Waals surface area (Å²) in [6.07, 6.45) is -3.93. The molecule has 0 radical (unpaired) electrons. The maximum absolute atomic E-state index is 13.2. The van der Waals surface area contributed by atoms with Crippen molar-refractivity contribution in [1.82, 2.24) is 20.2 Å². The maximum atomic E-state index is 13.2. The van der Waals surface area contributed by atoms with Gasteiger partial charge in [0.15, 0.2) is 11.5 Å². The van der Waals surface area contributed by atoms with Crippen LogP contribution in [-0.4, -0.2) is 53.3 Å². The Morgan fingerprint density at radius 1 is 1.26 bits per heavy atom. The zero-order valence-corrected chi connectivity index (χ0v) is 17.8. The van der Waals surface area contributed by atoms with E-state index in [0.717, 1.165) is 17.3 Å². The van der Waals surface area contributed by atoms with Gasteiger partial charge in [-0.2, -0.15) is 13.2 Å². The largest absolute Gasteiger partial charge is 0.494 e. The van der Waals surface area contributed by atoms with E-state index >= 15 is 0 Å². The van der Waals surface area contributed by atoms with Crippen LogP contribution >= 0.6 is 0 Å². The zero-order valence-electron chi connectivity index (χ0n) is 17.8. The summed E-state index contributed by atoms with van der Waals surface area (Å²) in [4.78, 5) is 32.5. The van der Waals surface area contributed by atoms with Crippen LogP contribution in [0.1, 0.15) is 21.9 Å². The van der Waals surface area contributed by atoms with E-state index in [1.54, 1.807) is 0 Å². The van der Waals surface area contributed by atoms with Crippen LogP contribution < -0.4 is 21.5 Å². The molecule has 0 fully saturated rings. The second kappa shape index (κ2) is 9.74. The SMILES string of the molecule is COc1ccc(-c2nc(C(=O)NCCN(C=N)C(N)=O)c(CN)o2)c2ccc(C(F)(F)F)nc12. The molecule has 0 aliphatic rings. The molecule has 14 heteroatoms. The predicted molar refractivity (Wildman–Crippen MR) is 114 cm³/mol. The van der Waals surface area contributed by atoms with E-state index in [0.29, 0.717) is 0 Å². The molecule has 0 unspecified atom stereocenters. The van der Waals surface area contributed by atoms with Crippen LogP contribution in [0.3, 0.4) is 0 Å². The Hall–Kier alpha value is -4.20. The van der Waals surface area contributed by atoms with Gasteiger partial charge in [0.1, 0.15) is 17.0 Å². The third-order valence-electron chi connectivity index (χ3n) is 4.74. The molecule has 1 aromatic carbocycles. The van der Waals surface area contributed by atoms with Crippen molar-refractivity contribution in [2.24, 2.45) is 11.5 Å². The number of fused-ring (bicyclic) bond motifs is 1. The van der Waals surface area contributed by atoms with Crippen molar-refractivity contribution in [2.45, 2.75) is 12.7 Å². The smallest absolute Gasteiger partial charge is 0.433 e. The molecule has 0 atom stereocenters. The number of nitrogens with one attached hydrogen (secondary N) is 2. The summed E-state index contributed by atoms with van der Waals surface area (Å²) in [7, 11) is 1.30. The molecule has 11 nitrogen and oxygen atoms in total. The van der Waals surface area contributed by atoms with Crippen LogP contribution in [0.4, 0.5) is 18.0 Å². The summed E-state index contributed by atoms with van der Waals surface area (Å²) in [5.74, 6) is -0.577. The average molecular weight is 479 g/mol. The highest BCUT2D eigenvalue weighted by Crippen LogP contribution is 2.36. The Morgan fingerprint density at radius 3 is 2.59 bits per heavy atom. The molecule has 0 bridgehead atoms. The zero-order chi connectivity index (χ0) is 25.0. The minimum absolute atomic E-state index is 0.0372. The molecule has 3 aromatic rings. The molecule has 0 aliphatic carbocycles. The van der Waals surface area contributed by atoms with Crippen LogP contribution in [0.5, 0.6) is 5.75 Å². The number of benzene rings is 1. The normalized spacial score (nSPS) is 11.3. The van der Waals surface area contributed by atoms with E-state index in [1.165, 1.54) is 25.3 Å². The third kappa shape index (κ3) is 4.91. The van der Waals surface area contributed by atoms with Crippen LogP contribution in [0.25, 0.3) is 22.4 Å². The van der Waals surface area contributed by atoms with E-state index in [-0.39, 0.29) is 59.2 Å². The fourth-order valence-electron chi connectivity index (χ4n) is 3.10. The molecule has 2 heterocycles. The number of urea groups is 1. The van der Waals surface area contributed by atoms with Crippen LogP contribution in [0.15, 0.2) is 28.7 Å². The number of aromatic nitrogens is 2. The van der Waals surface area contributed by atoms with Gasteiger partial charge in [-0.15, -0.1) is 0 Å². The predicted octanol–water partition coefficient (Wildman–Crippen LogP) is 2.09. The van der Waals surface area contributed by atoms with Crippen LogP contribution in [-0.2, 0) is 12.7 Å². The molecule has 0 aliphatic heterocycles. The summed E-state index contributed by atoms with van der Waals surface area (Å²) >= 11 is 0. The van der Waals surface area contributed by atoms with Crippen molar-refractivity contribution in [3.05, 3.63) is 41.4 Å². The minimum atomic E-state index is -4.65. The number of primary amides is 1. The Bertz CT molecular complexity index is 1240. The second-order valence-electron chi connectivity index (χ2n) is 6.82. The van der Waals surface area contributed by atoms with Gasteiger partial charge < -0.3 is 25.9 Å². The van der Waals surface area contributed by atoms with E-state index < -0.39 is 23.8 Å². The number of rotatable bonds is 8. The van der Waals surface area contributed by atoms with Crippen LogP contribution in [0, 0.1) is 5.41 Å². The van der Waals surface area contributed by atoms with Gasteiger partial charge in [0.25, 0.3) is 5.91 Å². The summed E-state index contributed by atoms with van der Waals surface area (Å²) in [5, 5.41) is 9.88. The first-order valence-corrected chi connectivity index (χ1v) is 9.70. The first kappa shape index (κ1) is 24.4. The van der Waals surface area contributed by atoms with E-state index in [9.17, 15) is 22.8 Å². The molecular weight excluding hydrogens is 459 g/mol. The highest BCUT2D eigenvalue weighted by Gasteiger charge is 2.33. The third-order valence-corrected chi connectivity index (χ3v) is 4.74. The van der Waals surface area contributed by atoms with Gasteiger partial charge in [-0.05, 0) is 24.3 Å². The Balaban J connectivity index is 1.96. The van der Waals surface area contributed by atoms with Crippen molar-refractivity contribution in [3.63, 3.8) is 0 Å². The quantitative estimate of drug-likeness (QED) is 0.283. The molecule has 2 aromatic heterocycles. The number of ether oxygens (including phenoxy) is 1. The summed E-state index contributed by atoms with van der Waals surface area (Å²) < 4.78 is 50.2. The first-order valence-electron chi connectivity index (χ1n) is 9.70. The number of nitrogens with zero attached hydrogens (tertiary/aromatic N) is 3. The Kier molecular flexibility index (Phi) is 7.00. The molecule has 6 N–H and O–H groups in total. The van der Waals surface area contributed by atoms with Crippen molar-refractivity contribution < 1.29 is 31.9 Å². The van der Waals surface area contributed by atoms with Crippen molar-refractivity contribution in [3.8, 4) is 17.2 Å². The highest BCUT2D eigenvalue weighted by atomic mass is 19.4. The van der Waals surface area contributed by atoms with Crippen molar-refractivity contribution in [2.75, 3.05) is 20.2 Å². The lowest BCUT2D eigenvalue weighted by atomic mass is 10.1. The minimum Gasteiger partial charge on any atom is -0.494 e. The number of alkyl halides is 3. The average Bonchev–Trinajstić information content (AvgIpc) is 3.24. The lowest BCUT2D eigenvalue weighted by molar-refractivity contribution is -0.140. The van der Waals surface area contributed by atoms with Gasteiger partial charge in [-0.25, -0.2) is 14.8 Å². The molecule has 0 spiro atoms. The lowest BCUT2D eigenvalue weighted by Crippen LogP contribution is -2.40. The number of nitrogens with two attached hydrogens (primary N) is 2. The summed E-state index contributed by atoms with van der Waals surface area (Å²) in [6, 6.07) is 4.10. The number of halogens is 3. The number of pyridine rings is 1. The van der Waals surface area contributed by atoms with Crippen molar-refractivity contribution >= 4 is 29.2 Å². The summed E-state index contributed by atoms with van der Waals surface area (Å²) in [5.41, 5.74) is 9.74. The number of hydrogen-bond acceptors (Lipinski definition) is 8. The van der Waals surface area contributed by atoms with Gasteiger partial charge in [-0.3, -0.25) is 15.1 Å². The first-order chi connectivity index (χ1) is 16.1. The number of carbonyl (C=O) groups excluding carboxylic acids is 2. The molecule has 180 valence electrons. The number of oxazole rings is 1. The lowest BCUT2D eigenvalue weighted by Gasteiger charge is -2.13. The Morgan fingerprint density at radius 2 is 2.00 bits per heavy atom. The van der Waals surface area contributed by atoms with E-state index in [1.807, 2.05) is 0 Å². The molecule has 0 saturated heterocycles. The topological polar surface area (TPSA) is 173 Å². The highest BCUT2D eigenvalue weighted by molar-refractivity contribution is 5.98. The monoisotopic (exact) mass is 479 g/mol. The second-order valence-corrected chi connectivity index (χ2v) is 6.82. The Labute approximate surface area is 190 Å². The fraction of sp³-hybridized carbons (Fsp3) is 0.250. The molecular formula is C20H20F3N7O4. The number of methoxy groups -OCH3 is 1. The number of amides is 3. The number of hydrogen-bond donors (Lipinski definition) is 4. The van der Waals surface area contributed by atoms with Gasteiger partial charge in [0.05, 0.1) is 20.0 Å². The molecule has 0 saturated carbocycles. The summed E-state index contributed by atoms with van der Waals surface area (Å²) in [6.45, 7) is -0.281. The van der Waals surface area contributed by atoms with Gasteiger partial charge in [0, 0.05) is 24.0 Å². The molecule has 3 rings (SSSR count). The van der Waals surface area contributed by atoms with Crippen LogP contribution in [0.2, 0.25) is 0 Å². The molecule has 3 amide bonds. The van der Waals surface area contributed by atoms with E-state index in [2.05, 4.69) is 15.3 Å². The molecule has 34 heavy (non-hydrogen) atoms. The number of carbonyl (C=O) groups is 2. The van der Waals surface area contributed by atoms with Gasteiger partial charge >= 0.3 is 12.2 Å². The van der Waals surface area contributed by atoms with E-state index in [4.69, 9.17) is 26.0 Å². The fourth-order valence-corrected chi connectivity index (χ4v) is 3.10. The standard InChI is InChI=1S/C20H20F3N7O4/c1-33-12-4-2-11(10-3-5-14(20(21,22)23)28-15(10)12)18-29-16(13(8-24)34-18)17(31)27-6-7-30(9-25)19(26)32/h2-5,9,25H,6-8,24H2,1H3,(H2,26,32)(H,27,31).